The van der Waals surface area contributed by atoms with Crippen LogP contribution in [-0.2, 0) is 4.12 Å². The molecule has 2 rings (SSSR count). The van der Waals surface area contributed by atoms with Crippen LogP contribution in [0.4, 0.5) is 0 Å². The van der Waals surface area contributed by atoms with E-state index >= 15 is 0 Å². The second kappa shape index (κ2) is 5.44. The summed E-state index contributed by atoms with van der Waals surface area (Å²) in [6.45, 7) is 4.37. The molecule has 0 atom stereocenters. The van der Waals surface area contributed by atoms with E-state index in [0.29, 0.717) is 9.76 Å². The molecule has 0 saturated carbocycles. The normalized spacial score (nSPS) is 11.4. The van der Waals surface area contributed by atoms with Gasteiger partial charge in [-0.15, -0.1) is 0 Å². The molecule has 0 aliphatic carbocycles. The van der Waals surface area contributed by atoms with Crippen molar-refractivity contribution < 1.29 is 4.12 Å². The topological polar surface area (TPSA) is 9.23 Å². The Labute approximate surface area is 107 Å². The van der Waals surface area contributed by atoms with Crippen LogP contribution < -0.4 is 10.4 Å². The van der Waals surface area contributed by atoms with Gasteiger partial charge in [-0.2, -0.15) is 0 Å². The van der Waals surface area contributed by atoms with E-state index in [1.54, 1.807) is 0 Å². The molecule has 17 heavy (non-hydrogen) atoms. The fraction of sp³-hybridized carbons (Fsp3) is 0.143. The van der Waals surface area contributed by atoms with Gasteiger partial charge in [0.2, 0.25) is 18.1 Å². The van der Waals surface area contributed by atoms with Crippen molar-refractivity contribution in [3.05, 3.63) is 60.7 Å². The summed E-state index contributed by atoms with van der Waals surface area (Å²) in [5, 5.41) is 2.67. The van der Waals surface area contributed by atoms with Gasteiger partial charge >= 0.3 is 0 Å². The molecule has 0 fully saturated rings. The predicted molar refractivity (Wildman–Crippen MR) is 76.5 cm³/mol. The van der Waals surface area contributed by atoms with Gasteiger partial charge in [0.1, 0.15) is 0 Å². The number of hydrogen-bond acceptors (Lipinski definition) is 1. The first-order chi connectivity index (χ1) is 8.27. The highest BCUT2D eigenvalue weighted by Gasteiger charge is 2.32. The van der Waals surface area contributed by atoms with Crippen LogP contribution in [0.3, 0.4) is 0 Å². The van der Waals surface area contributed by atoms with Gasteiger partial charge in [-0.25, -0.2) is 0 Å². The molecule has 0 aliphatic heterocycles. The lowest BCUT2D eigenvalue weighted by Gasteiger charge is -2.28. The molecule has 0 amide bonds. The molecule has 2 aromatic rings. The summed E-state index contributed by atoms with van der Waals surface area (Å²) in [5.41, 5.74) is 0. The highest BCUT2D eigenvalue weighted by molar-refractivity contribution is 6.98. The third-order valence-electron chi connectivity index (χ3n) is 2.96. The fourth-order valence-corrected chi connectivity index (χ4v) is 6.57. The molecule has 0 unspecified atom stereocenters. The van der Waals surface area contributed by atoms with Crippen LogP contribution in [-0.4, -0.2) is 18.1 Å². The van der Waals surface area contributed by atoms with E-state index in [-0.39, 0.29) is 0 Å². The second-order valence-electron chi connectivity index (χ2n) is 4.07. The Bertz CT molecular complexity index is 417. The Balaban J connectivity index is 2.47. The molecule has 0 aromatic heterocycles. The van der Waals surface area contributed by atoms with Gasteiger partial charge in [0.25, 0.3) is 0 Å². The Kier molecular flexibility index (Phi) is 3.94. The van der Waals surface area contributed by atoms with Crippen molar-refractivity contribution in [1.29, 1.82) is 0 Å². The third-order valence-corrected chi connectivity index (χ3v) is 8.28. The summed E-state index contributed by atoms with van der Waals surface area (Å²) >= 11 is 0. The quantitative estimate of drug-likeness (QED) is 0.761. The highest BCUT2D eigenvalue weighted by Crippen LogP contribution is 2.06. The van der Waals surface area contributed by atoms with E-state index < -0.39 is 8.32 Å². The molecule has 1 nitrogen and oxygen atoms in total. The zero-order valence-corrected chi connectivity index (χ0v) is 12.2. The lowest BCUT2D eigenvalue weighted by Crippen LogP contribution is -2.58. The minimum absolute atomic E-state index is 0.522. The van der Waals surface area contributed by atoms with Crippen molar-refractivity contribution in [2.45, 2.75) is 13.1 Å². The monoisotopic (exact) mass is 256 g/mol. The van der Waals surface area contributed by atoms with Gasteiger partial charge in [0.05, 0.1) is 0 Å². The van der Waals surface area contributed by atoms with Crippen LogP contribution >= 0.6 is 0 Å². The van der Waals surface area contributed by atoms with Crippen LogP contribution in [0.5, 0.6) is 0 Å². The second-order valence-corrected chi connectivity index (χ2v) is 8.52. The lowest BCUT2D eigenvalue weighted by atomic mass is 10.4. The van der Waals surface area contributed by atoms with E-state index in [4.69, 9.17) is 4.12 Å². The Morgan fingerprint density at radius 1 is 0.824 bits per heavy atom. The molecule has 0 aliphatic rings. The first kappa shape index (κ1) is 12.3. The van der Waals surface area contributed by atoms with Crippen LogP contribution in [0.25, 0.3) is 0 Å². The molecule has 0 bridgehead atoms. The Hall–Kier alpha value is -1.17. The summed E-state index contributed by atoms with van der Waals surface area (Å²) in [6.07, 6.45) is 0. The third kappa shape index (κ3) is 2.57. The maximum atomic E-state index is 6.17. The predicted octanol–water partition coefficient (Wildman–Crippen LogP) is 2.06. The van der Waals surface area contributed by atoms with Gasteiger partial charge in [-0.3, -0.25) is 0 Å². The van der Waals surface area contributed by atoms with Crippen molar-refractivity contribution in [3.63, 3.8) is 0 Å². The van der Waals surface area contributed by atoms with E-state index in [1.807, 2.05) is 0 Å². The van der Waals surface area contributed by atoms with Crippen LogP contribution in [0.1, 0.15) is 0 Å². The molecule has 0 N–H and O–H groups in total. The van der Waals surface area contributed by atoms with E-state index in [1.165, 1.54) is 10.4 Å². The summed E-state index contributed by atoms with van der Waals surface area (Å²) < 4.78 is 6.17. The van der Waals surface area contributed by atoms with Crippen molar-refractivity contribution >= 4 is 28.5 Å². The van der Waals surface area contributed by atoms with Crippen molar-refractivity contribution in [1.82, 2.24) is 0 Å². The van der Waals surface area contributed by atoms with Gasteiger partial charge < -0.3 is 4.12 Å². The van der Waals surface area contributed by atoms with Gasteiger partial charge in [-0.05, 0) is 23.5 Å². The van der Waals surface area contributed by atoms with Crippen molar-refractivity contribution in [2.75, 3.05) is 0 Å². The molecule has 0 spiro atoms. The molecule has 2 aromatic carbocycles. The van der Waals surface area contributed by atoms with Crippen molar-refractivity contribution in [3.8, 4) is 0 Å². The molecular weight excluding hydrogens is 240 g/mol. The molecule has 0 saturated heterocycles. The first-order valence-electron chi connectivity index (χ1n) is 5.73. The fourth-order valence-electron chi connectivity index (χ4n) is 2.00. The smallest absolute Gasteiger partial charge is 0.241 e. The zero-order chi connectivity index (χ0) is 12.1. The van der Waals surface area contributed by atoms with Crippen LogP contribution in [0.15, 0.2) is 60.7 Å². The SMILES string of the molecule is C[Si]O[Si](C)(c1ccccc1)c1ccccc1. The Morgan fingerprint density at radius 3 is 1.59 bits per heavy atom. The molecule has 3 heteroatoms. The minimum atomic E-state index is -1.99. The molecule has 0 heterocycles. The number of hydrogen-bond donors (Lipinski definition) is 0. The maximum absolute atomic E-state index is 6.17. The standard InChI is InChI=1S/C14H16OSi2/c1-16-15-17(2,13-9-5-3-6-10-13)14-11-7-4-8-12-14/h3-12H,1-2H3. The molecule has 86 valence electrons. The summed E-state index contributed by atoms with van der Waals surface area (Å²) in [5.74, 6) is 0. The lowest BCUT2D eigenvalue weighted by molar-refractivity contribution is 0.618. The van der Waals surface area contributed by atoms with Crippen LogP contribution in [0.2, 0.25) is 13.1 Å². The van der Waals surface area contributed by atoms with Crippen LogP contribution in [0, 0.1) is 0 Å². The highest BCUT2D eigenvalue weighted by atomic mass is 28.4. The number of rotatable bonds is 4. The summed E-state index contributed by atoms with van der Waals surface area (Å²) in [4.78, 5) is 0. The van der Waals surface area contributed by atoms with Gasteiger partial charge in [0.15, 0.2) is 0 Å². The molecule has 2 radical (unpaired) electrons. The van der Waals surface area contributed by atoms with Gasteiger partial charge in [0, 0.05) is 0 Å². The average Bonchev–Trinajstić information content (AvgIpc) is 2.41. The summed E-state index contributed by atoms with van der Waals surface area (Å²) in [7, 11) is -1.47. The van der Waals surface area contributed by atoms with E-state index in [0.717, 1.165) is 0 Å². The number of benzene rings is 2. The Morgan fingerprint density at radius 2 is 1.24 bits per heavy atom. The van der Waals surface area contributed by atoms with E-state index in [9.17, 15) is 0 Å². The first-order valence-corrected chi connectivity index (χ1v) is 9.55. The summed E-state index contributed by atoms with van der Waals surface area (Å²) in [6, 6.07) is 21.2. The van der Waals surface area contributed by atoms with E-state index in [2.05, 4.69) is 73.8 Å². The zero-order valence-electron chi connectivity index (χ0n) is 10.2. The minimum Gasteiger partial charge on any atom is -0.450 e. The molecular formula is C14H16OSi2. The largest absolute Gasteiger partial charge is 0.450 e. The average molecular weight is 256 g/mol. The van der Waals surface area contributed by atoms with Gasteiger partial charge in [-0.1, -0.05) is 60.7 Å². The maximum Gasteiger partial charge on any atom is 0.241 e. The van der Waals surface area contributed by atoms with Crippen molar-refractivity contribution in [2.24, 2.45) is 0 Å².